The summed E-state index contributed by atoms with van der Waals surface area (Å²) in [5.41, 5.74) is 2.03. The van der Waals surface area contributed by atoms with Crippen LogP contribution < -0.4 is 0 Å². The Morgan fingerprint density at radius 2 is 1.25 bits per heavy atom. The largest absolute Gasteiger partial charge is 0.507 e. The fourth-order valence-electron chi connectivity index (χ4n) is 5.29. The molecule has 2 aromatic carbocycles. The van der Waals surface area contributed by atoms with Crippen LogP contribution in [0.1, 0.15) is 140 Å². The summed E-state index contributed by atoms with van der Waals surface area (Å²) < 4.78 is 0. The van der Waals surface area contributed by atoms with E-state index in [0.717, 1.165) is 38.4 Å². The van der Waals surface area contributed by atoms with Crippen molar-refractivity contribution < 1.29 is 20.1 Å². The van der Waals surface area contributed by atoms with Gasteiger partial charge in [-0.1, -0.05) is 116 Å². The molecule has 3 N–H and O–H groups in total. The first-order valence-corrected chi connectivity index (χ1v) is 15.7. The maximum Gasteiger partial charge on any atom is 0.169 e. The SMILES string of the molecule is CCCCCCCCCCCCc1ccc(N=Nc2c(O)cc(O)c(C(CC=O)CCCCCCC)c2O)cc1. The van der Waals surface area contributed by atoms with Gasteiger partial charge in [0.05, 0.1) is 5.69 Å². The molecule has 0 amide bonds. The highest BCUT2D eigenvalue weighted by Crippen LogP contribution is 2.48. The molecular weight excluding hydrogens is 500 g/mol. The lowest BCUT2D eigenvalue weighted by atomic mass is 9.88. The number of phenols is 3. The van der Waals surface area contributed by atoms with Crippen molar-refractivity contribution in [3.8, 4) is 17.2 Å². The van der Waals surface area contributed by atoms with Crippen molar-refractivity contribution in [1.29, 1.82) is 0 Å². The van der Waals surface area contributed by atoms with Crippen LogP contribution in [0.25, 0.3) is 0 Å². The third-order valence-corrected chi connectivity index (χ3v) is 7.74. The van der Waals surface area contributed by atoms with E-state index in [1.54, 1.807) is 0 Å². The van der Waals surface area contributed by atoms with E-state index in [-0.39, 0.29) is 40.8 Å². The zero-order valence-electron chi connectivity index (χ0n) is 24.9. The quantitative estimate of drug-likeness (QED) is 0.0767. The van der Waals surface area contributed by atoms with Crippen molar-refractivity contribution in [3.05, 3.63) is 41.5 Å². The third kappa shape index (κ3) is 12.1. The Labute approximate surface area is 242 Å². The number of aryl methyl sites for hydroxylation is 1. The van der Waals surface area contributed by atoms with Crippen molar-refractivity contribution in [3.63, 3.8) is 0 Å². The molecule has 40 heavy (non-hydrogen) atoms. The molecule has 0 spiro atoms. The molecule has 222 valence electrons. The number of benzene rings is 2. The van der Waals surface area contributed by atoms with E-state index in [0.29, 0.717) is 12.1 Å². The summed E-state index contributed by atoms with van der Waals surface area (Å²) in [6.07, 6.45) is 21.2. The number of hydrogen-bond acceptors (Lipinski definition) is 6. The highest BCUT2D eigenvalue weighted by Gasteiger charge is 2.24. The molecule has 0 saturated carbocycles. The maximum atomic E-state index is 11.3. The van der Waals surface area contributed by atoms with Crippen LogP contribution in [0.3, 0.4) is 0 Å². The van der Waals surface area contributed by atoms with E-state index in [4.69, 9.17) is 0 Å². The predicted molar refractivity (Wildman–Crippen MR) is 164 cm³/mol. The van der Waals surface area contributed by atoms with Gasteiger partial charge in [0.25, 0.3) is 0 Å². The molecule has 6 heteroatoms. The fourth-order valence-corrected chi connectivity index (χ4v) is 5.29. The van der Waals surface area contributed by atoms with Gasteiger partial charge in [0.1, 0.15) is 12.0 Å². The van der Waals surface area contributed by atoms with Crippen LogP contribution in [0, 0.1) is 0 Å². The first-order chi connectivity index (χ1) is 19.5. The molecule has 0 aliphatic rings. The molecule has 2 rings (SSSR count). The van der Waals surface area contributed by atoms with Crippen LogP contribution >= 0.6 is 0 Å². The molecule has 2 aromatic rings. The van der Waals surface area contributed by atoms with Crippen LogP contribution in [-0.4, -0.2) is 21.6 Å². The highest BCUT2D eigenvalue weighted by atomic mass is 16.3. The number of hydrogen-bond donors (Lipinski definition) is 3. The van der Waals surface area contributed by atoms with Crippen LogP contribution in [0.15, 0.2) is 40.6 Å². The van der Waals surface area contributed by atoms with Crippen LogP contribution in [-0.2, 0) is 11.2 Å². The molecule has 0 fully saturated rings. The smallest absolute Gasteiger partial charge is 0.169 e. The number of unbranched alkanes of at least 4 members (excludes halogenated alkanes) is 13. The molecule has 0 aliphatic carbocycles. The summed E-state index contributed by atoms with van der Waals surface area (Å²) in [6, 6.07) is 9.03. The van der Waals surface area contributed by atoms with E-state index in [9.17, 15) is 20.1 Å². The minimum atomic E-state index is -0.354. The normalized spacial score (nSPS) is 12.2. The molecule has 1 unspecified atom stereocenters. The second-order valence-corrected chi connectivity index (χ2v) is 11.1. The molecule has 6 nitrogen and oxygen atoms in total. The lowest BCUT2D eigenvalue weighted by Crippen LogP contribution is -2.02. The molecule has 0 bridgehead atoms. The summed E-state index contributed by atoms with van der Waals surface area (Å²) in [5.74, 6) is -1.25. The highest BCUT2D eigenvalue weighted by molar-refractivity contribution is 5.69. The number of carbonyl (C=O) groups excluding carboxylic acids is 1. The van der Waals surface area contributed by atoms with Crippen LogP contribution in [0.4, 0.5) is 11.4 Å². The van der Waals surface area contributed by atoms with Crippen LogP contribution in [0.5, 0.6) is 17.2 Å². The van der Waals surface area contributed by atoms with E-state index in [2.05, 4.69) is 24.1 Å². The van der Waals surface area contributed by atoms with Gasteiger partial charge >= 0.3 is 0 Å². The Morgan fingerprint density at radius 1 is 0.700 bits per heavy atom. The van der Waals surface area contributed by atoms with E-state index < -0.39 is 0 Å². The molecule has 0 saturated heterocycles. The third-order valence-electron chi connectivity index (χ3n) is 7.74. The number of rotatable bonds is 22. The van der Waals surface area contributed by atoms with Gasteiger partial charge in [-0.05, 0) is 42.9 Å². The van der Waals surface area contributed by atoms with Gasteiger partial charge in [-0.2, -0.15) is 5.11 Å². The Morgan fingerprint density at radius 3 is 1.82 bits per heavy atom. The summed E-state index contributed by atoms with van der Waals surface area (Å²) in [4.78, 5) is 11.3. The number of aldehydes is 1. The van der Waals surface area contributed by atoms with Gasteiger partial charge in [0.2, 0.25) is 0 Å². The summed E-state index contributed by atoms with van der Waals surface area (Å²) in [6.45, 7) is 4.41. The average Bonchev–Trinajstić information content (AvgIpc) is 2.94. The second kappa shape index (κ2) is 20.1. The van der Waals surface area contributed by atoms with Crippen molar-refractivity contribution >= 4 is 17.7 Å². The van der Waals surface area contributed by atoms with E-state index >= 15 is 0 Å². The Bertz CT molecular complexity index is 1000. The topological polar surface area (TPSA) is 102 Å². The van der Waals surface area contributed by atoms with Gasteiger partial charge in [-0.25, -0.2) is 0 Å². The maximum absolute atomic E-state index is 11.3. The summed E-state index contributed by atoms with van der Waals surface area (Å²) >= 11 is 0. The van der Waals surface area contributed by atoms with Gasteiger partial charge < -0.3 is 20.1 Å². The predicted octanol–water partition coefficient (Wildman–Crippen LogP) is 10.7. The molecule has 0 aromatic heterocycles. The summed E-state index contributed by atoms with van der Waals surface area (Å²) in [5, 5.41) is 40.2. The summed E-state index contributed by atoms with van der Waals surface area (Å²) in [7, 11) is 0. The Kier molecular flexibility index (Phi) is 16.7. The zero-order chi connectivity index (χ0) is 29.0. The molecule has 1 atom stereocenters. The van der Waals surface area contributed by atoms with E-state index in [1.807, 2.05) is 24.3 Å². The lowest BCUT2D eigenvalue weighted by Gasteiger charge is -2.19. The van der Waals surface area contributed by atoms with Crippen molar-refractivity contribution in [1.82, 2.24) is 0 Å². The number of aromatic hydroxyl groups is 3. The average molecular weight is 553 g/mol. The van der Waals surface area contributed by atoms with Crippen molar-refractivity contribution in [2.24, 2.45) is 10.2 Å². The standard InChI is InChI=1S/C34H52N2O4/c1-3-5-7-9-10-11-12-13-15-16-18-27-20-22-29(23-21-27)35-36-33-31(39)26-30(38)32(34(33)40)28(24-25-37)19-17-14-8-6-4-2/h20-23,25-26,28,38-40H,3-19,24H2,1-2H3. The van der Waals surface area contributed by atoms with Crippen molar-refractivity contribution in [2.75, 3.05) is 0 Å². The first-order valence-electron chi connectivity index (χ1n) is 15.7. The number of nitrogens with zero attached hydrogens (tertiary/aromatic N) is 2. The van der Waals surface area contributed by atoms with Gasteiger partial charge in [-0.15, -0.1) is 5.11 Å². The lowest BCUT2D eigenvalue weighted by molar-refractivity contribution is -0.108. The Hall–Kier alpha value is -2.89. The van der Waals surface area contributed by atoms with Crippen LogP contribution in [0.2, 0.25) is 0 Å². The number of azo groups is 1. The minimum Gasteiger partial charge on any atom is -0.507 e. The minimum absolute atomic E-state index is 0.0934. The van der Waals surface area contributed by atoms with Crippen molar-refractivity contribution in [2.45, 2.75) is 135 Å². The first kappa shape index (κ1) is 33.3. The van der Waals surface area contributed by atoms with Gasteiger partial charge in [0, 0.05) is 18.1 Å². The number of phenolic OH excluding ortho intramolecular Hbond substituents is 3. The monoisotopic (exact) mass is 552 g/mol. The molecule has 0 radical (unpaired) electrons. The van der Waals surface area contributed by atoms with E-state index in [1.165, 1.54) is 82.3 Å². The van der Waals surface area contributed by atoms with Gasteiger partial charge in [0.15, 0.2) is 17.2 Å². The van der Waals surface area contributed by atoms with Gasteiger partial charge in [-0.3, -0.25) is 0 Å². The zero-order valence-corrected chi connectivity index (χ0v) is 24.9. The second-order valence-electron chi connectivity index (χ2n) is 11.1. The molecule has 0 heterocycles. The Balaban J connectivity index is 1.92. The molecule has 0 aliphatic heterocycles. The molecular formula is C34H52N2O4. The number of carbonyl (C=O) groups is 1. The fraction of sp³-hybridized carbons (Fsp3) is 0.618.